The third kappa shape index (κ3) is 6.00. The van der Waals surface area contributed by atoms with Gasteiger partial charge in [-0.1, -0.05) is 11.6 Å². The molecule has 1 aromatic carbocycles. The summed E-state index contributed by atoms with van der Waals surface area (Å²) in [4.78, 5) is 14.9. The molecular formula is C31H27ClFN11O3. The van der Waals surface area contributed by atoms with E-state index >= 15 is 4.39 Å². The molecule has 238 valence electrons. The Hall–Kier alpha value is -5.70. The molecule has 0 aliphatic carbocycles. The standard InChI is InChI=1S/C31H27ClFN11O3/c32-24-5-7-27(43-20-34-37-38-43)29(30(24)33)22-4-6-26(44(47)18-22)28(42-17-23(16-35-42)21-8-14-41(46)15-9-21)19-40-13-10-25(36-40)31(45)39-11-2-1-3-12-39/h4-10,13-18,20,28H,1-3,11-12,19H2. The first-order chi connectivity index (χ1) is 22.9. The molecule has 1 atom stereocenters. The van der Waals surface area contributed by atoms with E-state index in [0.29, 0.717) is 33.9 Å². The first kappa shape index (κ1) is 30.0. The Balaban J connectivity index is 1.26. The predicted octanol–water partition coefficient (Wildman–Crippen LogP) is 3.36. The number of hydrogen-bond donors (Lipinski definition) is 0. The van der Waals surface area contributed by atoms with Crippen LogP contribution in [0.15, 0.2) is 86.0 Å². The van der Waals surface area contributed by atoms with Gasteiger partial charge in [-0.3, -0.25) is 14.2 Å². The third-order valence-electron chi connectivity index (χ3n) is 8.16. The van der Waals surface area contributed by atoms with Crippen molar-refractivity contribution in [2.75, 3.05) is 13.1 Å². The van der Waals surface area contributed by atoms with E-state index in [9.17, 15) is 15.2 Å². The minimum absolute atomic E-state index is 0.0477. The second kappa shape index (κ2) is 12.6. The summed E-state index contributed by atoms with van der Waals surface area (Å²) in [7, 11) is 0. The average molecular weight is 656 g/mol. The van der Waals surface area contributed by atoms with Crippen molar-refractivity contribution in [2.45, 2.75) is 31.8 Å². The van der Waals surface area contributed by atoms with Gasteiger partial charge in [-0.2, -0.15) is 24.3 Å². The van der Waals surface area contributed by atoms with Gasteiger partial charge in [-0.05, 0) is 59.5 Å². The highest BCUT2D eigenvalue weighted by molar-refractivity contribution is 6.31. The molecule has 7 rings (SSSR count). The Bertz CT molecular complexity index is 2040. The van der Waals surface area contributed by atoms with E-state index in [1.807, 2.05) is 4.90 Å². The Morgan fingerprint density at radius 3 is 2.55 bits per heavy atom. The summed E-state index contributed by atoms with van der Waals surface area (Å²) in [5, 5.41) is 45.5. The van der Waals surface area contributed by atoms with E-state index in [0.717, 1.165) is 30.4 Å². The lowest BCUT2D eigenvalue weighted by Gasteiger charge is -2.25. The number of carbonyl (C=O) groups excluding carboxylic acids is 1. The molecule has 0 saturated carbocycles. The van der Waals surface area contributed by atoms with Crippen LogP contribution in [0.2, 0.25) is 5.02 Å². The number of aromatic nitrogens is 10. The van der Waals surface area contributed by atoms with Gasteiger partial charge in [-0.25, -0.2) is 4.39 Å². The molecule has 5 aromatic heterocycles. The zero-order valence-corrected chi connectivity index (χ0v) is 25.6. The van der Waals surface area contributed by atoms with Crippen LogP contribution < -0.4 is 9.46 Å². The Morgan fingerprint density at radius 2 is 1.81 bits per heavy atom. The molecular weight excluding hydrogens is 629 g/mol. The van der Waals surface area contributed by atoms with Crippen LogP contribution in [-0.2, 0) is 6.54 Å². The summed E-state index contributed by atoms with van der Waals surface area (Å²) in [5.74, 6) is -0.864. The van der Waals surface area contributed by atoms with Crippen molar-refractivity contribution >= 4 is 17.5 Å². The van der Waals surface area contributed by atoms with E-state index in [1.54, 1.807) is 64.4 Å². The molecule has 0 spiro atoms. The van der Waals surface area contributed by atoms with Gasteiger partial charge in [0.15, 0.2) is 30.4 Å². The third-order valence-corrected chi connectivity index (χ3v) is 8.45. The predicted molar refractivity (Wildman–Crippen MR) is 165 cm³/mol. The second-order valence-corrected chi connectivity index (χ2v) is 11.5. The number of hydrogen-bond acceptors (Lipinski definition) is 8. The summed E-state index contributed by atoms with van der Waals surface area (Å²) >= 11 is 6.14. The molecule has 0 radical (unpaired) electrons. The monoisotopic (exact) mass is 655 g/mol. The Labute approximate surface area is 272 Å². The number of likely N-dealkylation sites (tertiary alicyclic amines) is 1. The summed E-state index contributed by atoms with van der Waals surface area (Å²) < 4.78 is 21.3. The van der Waals surface area contributed by atoms with Crippen LogP contribution in [0, 0.1) is 16.2 Å². The Kier molecular flexibility index (Phi) is 8.03. The first-order valence-corrected chi connectivity index (χ1v) is 15.2. The zero-order chi connectivity index (χ0) is 32.5. The van der Waals surface area contributed by atoms with E-state index in [1.165, 1.54) is 35.7 Å². The van der Waals surface area contributed by atoms with Gasteiger partial charge >= 0.3 is 0 Å². The van der Waals surface area contributed by atoms with Crippen LogP contribution in [0.5, 0.6) is 0 Å². The van der Waals surface area contributed by atoms with Gasteiger partial charge in [-0.15, -0.1) is 5.10 Å². The number of tetrazole rings is 1. The molecule has 1 amide bonds. The molecule has 1 aliphatic heterocycles. The van der Waals surface area contributed by atoms with Gasteiger partial charge < -0.3 is 15.3 Å². The maximum absolute atomic E-state index is 15.5. The van der Waals surface area contributed by atoms with E-state index < -0.39 is 11.9 Å². The van der Waals surface area contributed by atoms with E-state index in [4.69, 9.17) is 11.6 Å². The number of rotatable bonds is 8. The number of nitrogens with zero attached hydrogens (tertiary/aromatic N) is 11. The number of benzene rings is 1. The quantitative estimate of drug-likeness (QED) is 0.179. The van der Waals surface area contributed by atoms with Crippen LogP contribution in [0.25, 0.3) is 27.9 Å². The lowest BCUT2D eigenvalue weighted by molar-refractivity contribution is -0.615. The summed E-state index contributed by atoms with van der Waals surface area (Å²) in [6.45, 7) is 1.54. The SMILES string of the molecule is O=C(c1ccn(CC(c2ccc(-c3c(-n4cnnn4)ccc(Cl)c3F)c[n+]2[O-])n2cc(-c3cc[n+]([O-])cc3)cn2)n1)N1CCCCC1. The zero-order valence-electron chi connectivity index (χ0n) is 24.8. The molecule has 1 saturated heterocycles. The van der Waals surface area contributed by atoms with Crippen molar-refractivity contribution in [2.24, 2.45) is 0 Å². The van der Waals surface area contributed by atoms with Gasteiger partial charge in [0.05, 0.1) is 34.6 Å². The van der Waals surface area contributed by atoms with Crippen molar-refractivity contribution in [1.82, 2.24) is 44.7 Å². The van der Waals surface area contributed by atoms with Crippen LogP contribution in [0.4, 0.5) is 4.39 Å². The topological polar surface area (TPSA) is 153 Å². The molecule has 6 aromatic rings. The number of carbonyl (C=O) groups is 1. The number of pyridine rings is 2. The Morgan fingerprint density at radius 1 is 1.00 bits per heavy atom. The van der Waals surface area contributed by atoms with E-state index in [2.05, 4.69) is 25.7 Å². The molecule has 16 heteroatoms. The lowest BCUT2D eigenvalue weighted by atomic mass is 10.0. The fourth-order valence-corrected chi connectivity index (χ4v) is 5.92. The summed E-state index contributed by atoms with van der Waals surface area (Å²) in [5.41, 5.74) is 2.66. The number of piperidine rings is 1. The molecule has 1 fully saturated rings. The lowest BCUT2D eigenvalue weighted by Crippen LogP contribution is -2.37. The highest BCUT2D eigenvalue weighted by atomic mass is 35.5. The highest BCUT2D eigenvalue weighted by Gasteiger charge is 2.28. The largest absolute Gasteiger partial charge is 0.619 e. The van der Waals surface area contributed by atoms with Gasteiger partial charge in [0.25, 0.3) is 5.91 Å². The van der Waals surface area contributed by atoms with Crippen LogP contribution in [-0.4, -0.2) is 63.7 Å². The van der Waals surface area contributed by atoms with Gasteiger partial charge in [0.2, 0.25) is 5.69 Å². The van der Waals surface area contributed by atoms with Gasteiger partial charge in [0.1, 0.15) is 12.0 Å². The molecule has 14 nitrogen and oxygen atoms in total. The minimum Gasteiger partial charge on any atom is -0.619 e. The van der Waals surface area contributed by atoms with Crippen molar-refractivity contribution in [3.8, 4) is 27.9 Å². The molecule has 1 unspecified atom stereocenters. The summed E-state index contributed by atoms with van der Waals surface area (Å²) in [6.07, 6.45) is 13.5. The summed E-state index contributed by atoms with van der Waals surface area (Å²) in [6, 6.07) is 10.4. The normalized spacial score (nSPS) is 14.0. The molecule has 47 heavy (non-hydrogen) atoms. The molecule has 0 N–H and O–H groups in total. The van der Waals surface area contributed by atoms with Crippen molar-refractivity contribution in [3.63, 3.8) is 0 Å². The van der Waals surface area contributed by atoms with Crippen LogP contribution in [0.3, 0.4) is 0 Å². The second-order valence-electron chi connectivity index (χ2n) is 11.1. The van der Waals surface area contributed by atoms with Gasteiger partial charge in [0, 0.05) is 49.2 Å². The number of halogens is 2. The molecule has 0 bridgehead atoms. The van der Waals surface area contributed by atoms with Crippen molar-refractivity contribution in [1.29, 1.82) is 0 Å². The average Bonchev–Trinajstić information content (AvgIpc) is 3.89. The fraction of sp³-hybridized carbons (Fsp3) is 0.226. The minimum atomic E-state index is -0.731. The van der Waals surface area contributed by atoms with Crippen molar-refractivity contribution < 1.29 is 18.6 Å². The van der Waals surface area contributed by atoms with Crippen LogP contribution >= 0.6 is 11.6 Å². The first-order valence-electron chi connectivity index (χ1n) is 14.9. The highest BCUT2D eigenvalue weighted by Crippen LogP contribution is 2.33. The fourth-order valence-electron chi connectivity index (χ4n) is 5.77. The van der Waals surface area contributed by atoms with E-state index in [-0.39, 0.29) is 34.3 Å². The number of amides is 1. The molecule has 1 aliphatic rings. The maximum atomic E-state index is 15.5. The maximum Gasteiger partial charge on any atom is 0.274 e. The van der Waals surface area contributed by atoms with Crippen molar-refractivity contribution in [3.05, 3.63) is 119 Å². The molecule has 6 heterocycles. The van der Waals surface area contributed by atoms with Crippen LogP contribution in [0.1, 0.15) is 41.5 Å². The smallest absolute Gasteiger partial charge is 0.274 e.